The molecule has 0 saturated carbocycles. The van der Waals surface area contributed by atoms with E-state index in [0.717, 1.165) is 12.4 Å². The highest BCUT2D eigenvalue weighted by molar-refractivity contribution is 5.80. The van der Waals surface area contributed by atoms with Gasteiger partial charge in [0.15, 0.2) is 0 Å². The second kappa shape index (κ2) is 5.77. The third kappa shape index (κ3) is 3.26. The van der Waals surface area contributed by atoms with Crippen molar-refractivity contribution >= 4 is 5.91 Å². The molecule has 1 amide bonds. The first-order valence-corrected chi connectivity index (χ1v) is 5.75. The Labute approximate surface area is 102 Å². The lowest BCUT2D eigenvalue weighted by Gasteiger charge is -2.25. The van der Waals surface area contributed by atoms with E-state index in [2.05, 4.69) is 10.2 Å². The van der Waals surface area contributed by atoms with Crippen molar-refractivity contribution in [2.24, 2.45) is 0 Å². The van der Waals surface area contributed by atoms with Gasteiger partial charge in [0.25, 0.3) is 0 Å². The molecule has 1 atom stereocenters. The average molecular weight is 239 g/mol. The van der Waals surface area contributed by atoms with Crippen LogP contribution in [0, 0.1) is 0 Å². The Bertz CT molecular complexity index is 374. The number of carbonyl (C=O) groups is 1. The third-order valence-corrected chi connectivity index (χ3v) is 2.89. The second-order valence-corrected chi connectivity index (χ2v) is 4.36. The molecule has 0 saturated heterocycles. The van der Waals surface area contributed by atoms with Crippen LogP contribution in [0.2, 0.25) is 0 Å². The van der Waals surface area contributed by atoms with Crippen LogP contribution in [0.25, 0.3) is 0 Å². The summed E-state index contributed by atoms with van der Waals surface area (Å²) in [4.78, 5) is 15.4. The van der Waals surface area contributed by atoms with Gasteiger partial charge >= 0.3 is 0 Å². The van der Waals surface area contributed by atoms with Crippen LogP contribution in [0.1, 0.15) is 19.7 Å². The summed E-state index contributed by atoms with van der Waals surface area (Å²) in [7, 11) is 5.45. The van der Waals surface area contributed by atoms with Gasteiger partial charge in [-0.25, -0.2) is 0 Å². The molecular formula is C11H21N5O. The number of hydrogen-bond acceptors (Lipinski definition) is 4. The van der Waals surface area contributed by atoms with Crippen molar-refractivity contribution < 1.29 is 4.79 Å². The predicted molar refractivity (Wildman–Crippen MR) is 65.3 cm³/mol. The topological polar surface area (TPSA) is 54.3 Å². The lowest BCUT2D eigenvalue weighted by Crippen LogP contribution is -2.42. The number of hydrogen-bond donors (Lipinski definition) is 0. The van der Waals surface area contributed by atoms with Crippen LogP contribution in [0.5, 0.6) is 0 Å². The van der Waals surface area contributed by atoms with Crippen LogP contribution < -0.4 is 0 Å². The molecule has 0 unspecified atom stereocenters. The Kier molecular flexibility index (Phi) is 4.62. The predicted octanol–water partition coefficient (Wildman–Crippen LogP) is 0.207. The summed E-state index contributed by atoms with van der Waals surface area (Å²) in [5.74, 6) is 0.975. The first-order valence-electron chi connectivity index (χ1n) is 5.75. The summed E-state index contributed by atoms with van der Waals surface area (Å²) in [5, 5.41) is 7.94. The molecule has 0 aliphatic rings. The van der Waals surface area contributed by atoms with Gasteiger partial charge in [-0.15, -0.1) is 10.2 Å². The molecule has 0 aliphatic heterocycles. The molecule has 6 nitrogen and oxygen atoms in total. The third-order valence-electron chi connectivity index (χ3n) is 2.89. The van der Waals surface area contributed by atoms with Crippen molar-refractivity contribution in [3.8, 4) is 0 Å². The van der Waals surface area contributed by atoms with E-state index in [-0.39, 0.29) is 11.9 Å². The Balaban J connectivity index is 2.66. The normalized spacial score (nSPS) is 12.8. The minimum absolute atomic E-state index is 0.0927. The zero-order valence-corrected chi connectivity index (χ0v) is 11.2. The summed E-state index contributed by atoms with van der Waals surface area (Å²) in [5.41, 5.74) is 0. The van der Waals surface area contributed by atoms with Crippen molar-refractivity contribution in [3.63, 3.8) is 0 Å². The number of carbonyl (C=O) groups excluding carboxylic acids is 1. The van der Waals surface area contributed by atoms with E-state index in [0.29, 0.717) is 6.54 Å². The molecule has 96 valence electrons. The molecule has 0 radical (unpaired) electrons. The van der Waals surface area contributed by atoms with Crippen LogP contribution in [0.15, 0.2) is 6.33 Å². The largest absolute Gasteiger partial charge is 0.347 e. The summed E-state index contributed by atoms with van der Waals surface area (Å²) >= 11 is 0. The lowest BCUT2D eigenvalue weighted by atomic mass is 10.2. The van der Waals surface area contributed by atoms with Gasteiger partial charge in [0.2, 0.25) is 5.91 Å². The Morgan fingerprint density at radius 1 is 1.47 bits per heavy atom. The van der Waals surface area contributed by atoms with E-state index in [4.69, 9.17) is 0 Å². The smallest absolute Gasteiger partial charge is 0.239 e. The number of nitrogens with zero attached hydrogens (tertiary/aromatic N) is 5. The van der Waals surface area contributed by atoms with Crippen molar-refractivity contribution in [1.29, 1.82) is 0 Å². The highest BCUT2D eigenvalue weighted by atomic mass is 16.2. The van der Waals surface area contributed by atoms with Crippen molar-refractivity contribution in [2.45, 2.75) is 33.0 Å². The molecule has 1 aromatic rings. The zero-order chi connectivity index (χ0) is 13.0. The minimum atomic E-state index is -0.160. The molecule has 0 N–H and O–H groups in total. The molecular weight excluding hydrogens is 218 g/mol. The lowest BCUT2D eigenvalue weighted by molar-refractivity contribution is -0.133. The standard InChI is InChI=1S/C11H21N5O/c1-6-16-8-12-13-10(16)7-15(5)9(2)11(17)14(3)4/h8-9H,6-7H2,1-5H3/t9-/m0/s1. The number of likely N-dealkylation sites (N-methyl/N-ethyl adjacent to an activating group) is 2. The van der Waals surface area contributed by atoms with Gasteiger partial charge in [0, 0.05) is 20.6 Å². The molecule has 0 fully saturated rings. The van der Waals surface area contributed by atoms with Crippen LogP contribution in [-0.4, -0.2) is 57.7 Å². The van der Waals surface area contributed by atoms with Crippen LogP contribution >= 0.6 is 0 Å². The first-order chi connectivity index (χ1) is 7.97. The van der Waals surface area contributed by atoms with Crippen LogP contribution in [0.3, 0.4) is 0 Å². The van der Waals surface area contributed by atoms with Gasteiger partial charge in [-0.05, 0) is 20.9 Å². The highest BCUT2D eigenvalue weighted by Crippen LogP contribution is 2.05. The molecule has 1 aromatic heterocycles. The number of aryl methyl sites for hydroxylation is 1. The second-order valence-electron chi connectivity index (χ2n) is 4.36. The summed E-state index contributed by atoms with van der Waals surface area (Å²) < 4.78 is 1.98. The molecule has 0 bridgehead atoms. The van der Waals surface area contributed by atoms with Crippen molar-refractivity contribution in [2.75, 3.05) is 21.1 Å². The maximum absolute atomic E-state index is 11.8. The van der Waals surface area contributed by atoms with Crippen molar-refractivity contribution in [3.05, 3.63) is 12.2 Å². The maximum atomic E-state index is 11.8. The fraction of sp³-hybridized carbons (Fsp3) is 0.727. The zero-order valence-electron chi connectivity index (χ0n) is 11.2. The molecule has 17 heavy (non-hydrogen) atoms. The highest BCUT2D eigenvalue weighted by Gasteiger charge is 2.20. The van der Waals surface area contributed by atoms with Crippen molar-refractivity contribution in [1.82, 2.24) is 24.6 Å². The molecule has 1 heterocycles. The minimum Gasteiger partial charge on any atom is -0.347 e. The molecule has 0 aliphatic carbocycles. The number of aromatic nitrogens is 3. The first kappa shape index (κ1) is 13.6. The summed E-state index contributed by atoms with van der Waals surface area (Å²) in [6.07, 6.45) is 1.71. The number of rotatable bonds is 5. The van der Waals surface area contributed by atoms with E-state index in [1.54, 1.807) is 25.3 Å². The summed E-state index contributed by atoms with van der Waals surface area (Å²) in [6, 6.07) is -0.160. The van der Waals surface area contributed by atoms with Crippen LogP contribution in [-0.2, 0) is 17.9 Å². The Morgan fingerprint density at radius 3 is 2.65 bits per heavy atom. The fourth-order valence-corrected chi connectivity index (χ4v) is 1.59. The van der Waals surface area contributed by atoms with Gasteiger partial charge in [-0.1, -0.05) is 0 Å². The van der Waals surface area contributed by atoms with Gasteiger partial charge < -0.3 is 9.47 Å². The molecule has 6 heteroatoms. The average Bonchev–Trinajstić information content (AvgIpc) is 2.73. The van der Waals surface area contributed by atoms with Gasteiger partial charge in [0.1, 0.15) is 12.2 Å². The maximum Gasteiger partial charge on any atom is 0.239 e. The van der Waals surface area contributed by atoms with Gasteiger partial charge in [-0.3, -0.25) is 9.69 Å². The Hall–Kier alpha value is -1.43. The van der Waals surface area contributed by atoms with E-state index in [9.17, 15) is 4.79 Å². The van der Waals surface area contributed by atoms with Gasteiger partial charge in [-0.2, -0.15) is 0 Å². The molecule has 0 aromatic carbocycles. The number of amides is 1. The molecule has 0 spiro atoms. The molecule has 1 rings (SSSR count). The SMILES string of the molecule is CCn1cnnc1CN(C)[C@@H](C)C(=O)N(C)C. The van der Waals surface area contributed by atoms with E-state index < -0.39 is 0 Å². The fourth-order valence-electron chi connectivity index (χ4n) is 1.59. The quantitative estimate of drug-likeness (QED) is 0.737. The van der Waals surface area contributed by atoms with E-state index in [1.807, 2.05) is 30.4 Å². The van der Waals surface area contributed by atoms with E-state index >= 15 is 0 Å². The monoisotopic (exact) mass is 239 g/mol. The summed E-state index contributed by atoms with van der Waals surface area (Å²) in [6.45, 7) is 5.40. The van der Waals surface area contributed by atoms with Gasteiger partial charge in [0.05, 0.1) is 12.6 Å². The van der Waals surface area contributed by atoms with E-state index in [1.165, 1.54) is 0 Å². The Morgan fingerprint density at radius 2 is 2.12 bits per heavy atom. The van der Waals surface area contributed by atoms with Crippen LogP contribution in [0.4, 0.5) is 0 Å².